The van der Waals surface area contributed by atoms with E-state index in [0.29, 0.717) is 0 Å². The molecule has 0 spiro atoms. The summed E-state index contributed by atoms with van der Waals surface area (Å²) in [4.78, 5) is 2.71. The van der Waals surface area contributed by atoms with Crippen molar-refractivity contribution in [2.24, 2.45) is 5.11 Å². The van der Waals surface area contributed by atoms with Gasteiger partial charge in [-0.25, -0.2) is 0 Å². The van der Waals surface area contributed by atoms with Crippen molar-refractivity contribution in [1.82, 2.24) is 0 Å². The Morgan fingerprint density at radius 2 is 2.00 bits per heavy atom. The first kappa shape index (κ1) is 11.4. The van der Waals surface area contributed by atoms with E-state index in [1.165, 1.54) is 0 Å². The second-order valence-electron chi connectivity index (χ2n) is 3.16. The highest BCUT2D eigenvalue weighted by Crippen LogP contribution is 2.23. The van der Waals surface area contributed by atoms with Crippen LogP contribution in [0.5, 0.6) is 5.75 Å². The molecule has 0 amide bonds. The second kappa shape index (κ2) is 5.24. The summed E-state index contributed by atoms with van der Waals surface area (Å²) < 4.78 is 5.00. The maximum Gasteiger partial charge on any atom is 0.118 e. The van der Waals surface area contributed by atoms with Gasteiger partial charge in [0.05, 0.1) is 19.3 Å². The Morgan fingerprint density at radius 3 is 2.40 bits per heavy atom. The number of rotatable bonds is 4. The summed E-state index contributed by atoms with van der Waals surface area (Å²) in [6, 6.07) is 6.51. The van der Waals surface area contributed by atoms with Crippen LogP contribution in [0.25, 0.3) is 10.4 Å². The first-order valence-corrected chi connectivity index (χ1v) is 4.55. The minimum Gasteiger partial charge on any atom is -0.497 e. The maximum absolute atomic E-state index is 9.43. The molecule has 0 heterocycles. The Balaban J connectivity index is 2.96. The molecule has 1 aromatic rings. The third-order valence-electron chi connectivity index (χ3n) is 2.09. The largest absolute Gasteiger partial charge is 0.497 e. The number of benzene rings is 1. The summed E-state index contributed by atoms with van der Waals surface area (Å²) in [5, 5.41) is 13.0. The molecule has 1 aromatic carbocycles. The molecule has 0 aliphatic rings. The highest BCUT2D eigenvalue weighted by Gasteiger charge is 2.15. The monoisotopic (exact) mass is 207 g/mol. The Bertz CT molecular complexity index is 355. The van der Waals surface area contributed by atoms with Crippen LogP contribution >= 0.6 is 0 Å². The third kappa shape index (κ3) is 2.87. The molecule has 15 heavy (non-hydrogen) atoms. The predicted octanol–water partition coefficient (Wildman–Crippen LogP) is 2.43. The molecule has 0 aliphatic carbocycles. The molecule has 0 radical (unpaired) electrons. The molecular formula is C10H13N3O2. The smallest absolute Gasteiger partial charge is 0.118 e. The van der Waals surface area contributed by atoms with E-state index in [1.807, 2.05) is 0 Å². The molecule has 5 nitrogen and oxygen atoms in total. The van der Waals surface area contributed by atoms with Crippen LogP contribution < -0.4 is 4.74 Å². The first-order chi connectivity index (χ1) is 7.19. The number of aliphatic hydroxyl groups is 1. The topological polar surface area (TPSA) is 78.2 Å². The van der Waals surface area contributed by atoms with Crippen LogP contribution in [0.3, 0.4) is 0 Å². The number of methoxy groups -OCH3 is 1. The molecule has 80 valence electrons. The lowest BCUT2D eigenvalue weighted by Crippen LogP contribution is -2.11. The van der Waals surface area contributed by atoms with Gasteiger partial charge in [-0.15, -0.1) is 0 Å². The molecule has 0 saturated carbocycles. The van der Waals surface area contributed by atoms with E-state index in [0.717, 1.165) is 11.3 Å². The Morgan fingerprint density at radius 1 is 1.40 bits per heavy atom. The number of aliphatic hydroxyl groups excluding tert-OH is 1. The Kier molecular flexibility index (Phi) is 3.97. The van der Waals surface area contributed by atoms with E-state index in [4.69, 9.17) is 10.3 Å². The van der Waals surface area contributed by atoms with Gasteiger partial charge in [0.2, 0.25) is 0 Å². The quantitative estimate of drug-likeness (QED) is 0.467. The van der Waals surface area contributed by atoms with Crippen LogP contribution in [-0.4, -0.2) is 18.3 Å². The van der Waals surface area contributed by atoms with E-state index in [1.54, 1.807) is 38.3 Å². The van der Waals surface area contributed by atoms with Crippen molar-refractivity contribution in [3.63, 3.8) is 0 Å². The van der Waals surface area contributed by atoms with Gasteiger partial charge in [0, 0.05) is 4.91 Å². The van der Waals surface area contributed by atoms with Gasteiger partial charge < -0.3 is 9.84 Å². The zero-order valence-electron chi connectivity index (χ0n) is 8.66. The fourth-order valence-electron chi connectivity index (χ4n) is 1.30. The fraction of sp³-hybridized carbons (Fsp3) is 0.400. The SMILES string of the molecule is COc1ccc([C@H](N=[N+]=[N-])[C@@H](C)O)cc1. The van der Waals surface area contributed by atoms with Crippen molar-refractivity contribution in [2.45, 2.75) is 19.1 Å². The lowest BCUT2D eigenvalue weighted by atomic mass is 10.0. The molecule has 0 unspecified atom stereocenters. The molecule has 0 bridgehead atoms. The summed E-state index contributed by atoms with van der Waals surface area (Å²) in [5.41, 5.74) is 9.14. The van der Waals surface area contributed by atoms with Gasteiger partial charge in [-0.05, 0) is 30.2 Å². The lowest BCUT2D eigenvalue weighted by molar-refractivity contribution is 0.164. The minimum atomic E-state index is -0.714. The summed E-state index contributed by atoms with van der Waals surface area (Å²) in [7, 11) is 1.58. The van der Waals surface area contributed by atoms with Crippen LogP contribution in [0.1, 0.15) is 18.5 Å². The summed E-state index contributed by atoms with van der Waals surface area (Å²) in [6.45, 7) is 1.59. The molecule has 1 N–H and O–H groups in total. The van der Waals surface area contributed by atoms with Crippen molar-refractivity contribution in [1.29, 1.82) is 0 Å². The van der Waals surface area contributed by atoms with Gasteiger partial charge in [-0.1, -0.05) is 17.2 Å². The highest BCUT2D eigenvalue weighted by atomic mass is 16.5. The van der Waals surface area contributed by atoms with Crippen LogP contribution in [0.2, 0.25) is 0 Å². The van der Waals surface area contributed by atoms with Crippen molar-refractivity contribution in [3.05, 3.63) is 40.3 Å². The third-order valence-corrected chi connectivity index (χ3v) is 2.09. The van der Waals surface area contributed by atoms with Gasteiger partial charge in [-0.2, -0.15) is 0 Å². The average molecular weight is 207 g/mol. The zero-order chi connectivity index (χ0) is 11.3. The highest BCUT2D eigenvalue weighted by molar-refractivity contribution is 5.29. The molecule has 1 rings (SSSR count). The standard InChI is InChI=1S/C10H13N3O2/c1-7(14)10(12-13-11)8-3-5-9(15-2)6-4-8/h3-7,10,14H,1-2H3/t7-,10-/m1/s1. The molecule has 0 saturated heterocycles. The van der Waals surface area contributed by atoms with Gasteiger partial charge in [0.25, 0.3) is 0 Å². The van der Waals surface area contributed by atoms with E-state index in [-0.39, 0.29) is 0 Å². The van der Waals surface area contributed by atoms with Gasteiger partial charge in [0.1, 0.15) is 5.75 Å². The molecule has 0 aromatic heterocycles. The van der Waals surface area contributed by atoms with Gasteiger partial charge >= 0.3 is 0 Å². The summed E-state index contributed by atoms with van der Waals surface area (Å²) >= 11 is 0. The fourth-order valence-corrected chi connectivity index (χ4v) is 1.30. The first-order valence-electron chi connectivity index (χ1n) is 4.55. The molecule has 5 heteroatoms. The van der Waals surface area contributed by atoms with Crippen molar-refractivity contribution < 1.29 is 9.84 Å². The Labute approximate surface area is 87.9 Å². The number of azide groups is 1. The van der Waals surface area contributed by atoms with Crippen molar-refractivity contribution >= 4 is 0 Å². The lowest BCUT2D eigenvalue weighted by Gasteiger charge is -2.14. The average Bonchev–Trinajstić information content (AvgIpc) is 2.26. The van der Waals surface area contributed by atoms with E-state index in [2.05, 4.69) is 10.0 Å². The molecule has 2 atom stereocenters. The predicted molar refractivity (Wildman–Crippen MR) is 56.6 cm³/mol. The van der Waals surface area contributed by atoms with Crippen LogP contribution in [0.15, 0.2) is 29.4 Å². The minimum absolute atomic E-state index is 0.555. The van der Waals surface area contributed by atoms with Crippen LogP contribution in [-0.2, 0) is 0 Å². The molecule has 0 fully saturated rings. The van der Waals surface area contributed by atoms with Crippen molar-refractivity contribution in [3.8, 4) is 5.75 Å². The van der Waals surface area contributed by atoms with Gasteiger partial charge in [0.15, 0.2) is 0 Å². The van der Waals surface area contributed by atoms with Crippen LogP contribution in [0.4, 0.5) is 0 Å². The summed E-state index contributed by atoms with van der Waals surface area (Å²) in [5.74, 6) is 0.726. The second-order valence-corrected chi connectivity index (χ2v) is 3.16. The van der Waals surface area contributed by atoms with E-state index >= 15 is 0 Å². The van der Waals surface area contributed by atoms with E-state index < -0.39 is 12.1 Å². The maximum atomic E-state index is 9.43. The number of ether oxygens (including phenoxy) is 1. The number of hydrogen-bond donors (Lipinski definition) is 1. The normalized spacial score (nSPS) is 13.8. The van der Waals surface area contributed by atoms with Crippen molar-refractivity contribution in [2.75, 3.05) is 7.11 Å². The number of hydrogen-bond acceptors (Lipinski definition) is 3. The Hall–Kier alpha value is -1.71. The van der Waals surface area contributed by atoms with Gasteiger partial charge in [-0.3, -0.25) is 0 Å². The number of nitrogens with zero attached hydrogens (tertiary/aromatic N) is 3. The molecular weight excluding hydrogens is 194 g/mol. The summed E-state index contributed by atoms with van der Waals surface area (Å²) in [6.07, 6.45) is -0.714. The van der Waals surface area contributed by atoms with Crippen LogP contribution in [0, 0.1) is 0 Å². The zero-order valence-corrected chi connectivity index (χ0v) is 8.66. The van der Waals surface area contributed by atoms with E-state index in [9.17, 15) is 5.11 Å². The molecule has 0 aliphatic heterocycles.